The minimum Gasteiger partial charge on any atom is -0.396 e. The molecule has 0 bridgehead atoms. The van der Waals surface area contributed by atoms with Crippen molar-refractivity contribution < 1.29 is 11.6 Å². The summed E-state index contributed by atoms with van der Waals surface area (Å²) >= 11 is 0. The molecule has 2 N–H and O–H groups in total. The van der Waals surface area contributed by atoms with Crippen LogP contribution in [0.25, 0.3) is 0 Å². The molecule has 0 aromatic rings. The molecule has 0 saturated heterocycles. The smallest absolute Gasteiger partial charge is 0.0428 e. The zero-order valence-electron chi connectivity index (χ0n) is 11.3. The van der Waals surface area contributed by atoms with Crippen LogP contribution in [-0.2, 0) is 0 Å². The van der Waals surface area contributed by atoms with Crippen LogP contribution in [0, 0.1) is 5.92 Å². The average Bonchev–Trinajstić information content (AvgIpc) is 2.20. The van der Waals surface area contributed by atoms with Gasteiger partial charge in [-0.3, -0.25) is 0 Å². The Morgan fingerprint density at radius 3 is 0.929 bits per heavy atom. The lowest BCUT2D eigenvalue weighted by Gasteiger charge is -1.79. The molecule has 0 aliphatic heterocycles. The Labute approximate surface area is 92.8 Å². The van der Waals surface area contributed by atoms with Gasteiger partial charge in [-0.1, -0.05) is 48.5 Å². The van der Waals surface area contributed by atoms with Gasteiger partial charge in [-0.25, -0.2) is 0 Å². The first kappa shape index (κ1) is 23.6. The highest BCUT2D eigenvalue weighted by Crippen LogP contribution is 1.81. The molecule has 2 heteroatoms. The van der Waals surface area contributed by atoms with Crippen molar-refractivity contribution >= 4 is 0 Å². The lowest BCUT2D eigenvalue weighted by atomic mass is 10.3. The summed E-state index contributed by atoms with van der Waals surface area (Å²) in [5, 5.41) is 15.8. The van der Waals surface area contributed by atoms with E-state index in [-0.39, 0.29) is 1.43 Å². The topological polar surface area (TPSA) is 40.5 Å². The molecule has 0 aliphatic carbocycles. The Kier molecular flexibility index (Phi) is 64.7. The molecule has 0 saturated carbocycles. The van der Waals surface area contributed by atoms with Crippen molar-refractivity contribution in [3.8, 4) is 0 Å². The Balaban J connectivity index is -0.0000000298. The summed E-state index contributed by atoms with van der Waals surface area (Å²) in [7, 11) is 0. The second kappa shape index (κ2) is 38.3. The van der Waals surface area contributed by atoms with E-state index in [1.165, 1.54) is 0 Å². The molecule has 94 valence electrons. The maximum Gasteiger partial charge on any atom is 0.0428 e. The van der Waals surface area contributed by atoms with Crippen LogP contribution in [0.3, 0.4) is 0 Å². The van der Waals surface area contributed by atoms with E-state index in [1.807, 2.05) is 27.7 Å². The van der Waals surface area contributed by atoms with Gasteiger partial charge < -0.3 is 10.2 Å². The highest BCUT2D eigenvalue weighted by molar-refractivity contribution is 4.20. The molecule has 0 aliphatic rings. The standard InChI is InChI=1S/C4H10.2C3H8O.C2H6.H2/c1-4(2)3;2*1-2-3-4;1-2;/h4H,1-3H3;2*4H,2-3H2,1H3;1-2H3;1H. The average molecular weight is 210 g/mol. The van der Waals surface area contributed by atoms with Crippen molar-refractivity contribution in [2.24, 2.45) is 5.92 Å². The molecule has 0 rings (SSSR count). The van der Waals surface area contributed by atoms with E-state index < -0.39 is 0 Å². The summed E-state index contributed by atoms with van der Waals surface area (Å²) in [5.41, 5.74) is 0. The van der Waals surface area contributed by atoms with Crippen LogP contribution in [-0.4, -0.2) is 23.4 Å². The third kappa shape index (κ3) is 386. The number of aliphatic hydroxyl groups is 2. The first-order valence-corrected chi connectivity index (χ1v) is 5.78. The summed E-state index contributed by atoms with van der Waals surface area (Å²) in [6.07, 6.45) is 1.75. The fourth-order valence-electron chi connectivity index (χ4n) is 0. The molecule has 0 spiro atoms. The van der Waals surface area contributed by atoms with Crippen molar-refractivity contribution in [1.82, 2.24) is 0 Å². The van der Waals surface area contributed by atoms with Gasteiger partial charge in [-0.2, -0.15) is 0 Å². The van der Waals surface area contributed by atoms with Gasteiger partial charge in [0, 0.05) is 14.6 Å². The molecule has 0 heterocycles. The van der Waals surface area contributed by atoms with Crippen molar-refractivity contribution in [2.45, 2.75) is 61.3 Å². The first-order valence-electron chi connectivity index (χ1n) is 5.78. The molecule has 0 fully saturated rings. The highest BCUT2D eigenvalue weighted by atomic mass is 16.3. The molecule has 0 radical (unpaired) electrons. The van der Waals surface area contributed by atoms with Crippen molar-refractivity contribution in [2.75, 3.05) is 13.2 Å². The van der Waals surface area contributed by atoms with Crippen LogP contribution in [0.2, 0.25) is 0 Å². The zero-order chi connectivity index (χ0) is 12.4. The maximum atomic E-state index is 7.88. The van der Waals surface area contributed by atoms with Crippen LogP contribution in [0.15, 0.2) is 0 Å². The largest absolute Gasteiger partial charge is 0.396 e. The number of hydrogen-bond acceptors (Lipinski definition) is 2. The molecule has 2 nitrogen and oxygen atoms in total. The van der Waals surface area contributed by atoms with Crippen molar-refractivity contribution in [3.63, 3.8) is 0 Å². The Morgan fingerprint density at radius 2 is 0.929 bits per heavy atom. The number of rotatable bonds is 2. The summed E-state index contributed by atoms with van der Waals surface area (Å²) in [6.45, 7) is 15.0. The van der Waals surface area contributed by atoms with Gasteiger partial charge in [0.2, 0.25) is 0 Å². The first-order chi connectivity index (χ1) is 6.56. The third-order valence-electron chi connectivity index (χ3n) is 0.447. The minimum atomic E-state index is 0. The van der Waals surface area contributed by atoms with Crippen molar-refractivity contribution in [3.05, 3.63) is 0 Å². The van der Waals surface area contributed by atoms with Crippen LogP contribution < -0.4 is 0 Å². The Bertz CT molecular complexity index is 40.1. The Morgan fingerprint density at radius 1 is 0.857 bits per heavy atom. The quantitative estimate of drug-likeness (QED) is 0.729. The van der Waals surface area contributed by atoms with Gasteiger partial charge >= 0.3 is 0 Å². The highest BCUT2D eigenvalue weighted by Gasteiger charge is 1.68. The molecular weight excluding hydrogens is 176 g/mol. The van der Waals surface area contributed by atoms with Crippen LogP contribution in [0.4, 0.5) is 0 Å². The fraction of sp³-hybridized carbons (Fsp3) is 1.00. The number of hydrogen-bond donors (Lipinski definition) is 2. The van der Waals surface area contributed by atoms with E-state index >= 15 is 0 Å². The van der Waals surface area contributed by atoms with E-state index in [9.17, 15) is 0 Å². The van der Waals surface area contributed by atoms with E-state index in [4.69, 9.17) is 10.2 Å². The lowest BCUT2D eigenvalue weighted by molar-refractivity contribution is 0.294. The number of aliphatic hydroxyl groups excluding tert-OH is 2. The normalized spacial score (nSPS) is 7.29. The van der Waals surface area contributed by atoms with Gasteiger partial charge in [0.1, 0.15) is 0 Å². The molecule has 0 atom stereocenters. The molecule has 0 unspecified atom stereocenters. The van der Waals surface area contributed by atoms with Gasteiger partial charge in [-0.15, -0.1) is 0 Å². The van der Waals surface area contributed by atoms with Gasteiger partial charge in [0.05, 0.1) is 0 Å². The second-order valence-corrected chi connectivity index (χ2v) is 3.18. The van der Waals surface area contributed by atoms with Gasteiger partial charge in [0.15, 0.2) is 0 Å². The second-order valence-electron chi connectivity index (χ2n) is 3.18. The fourth-order valence-corrected chi connectivity index (χ4v) is 0. The molecule has 0 aromatic carbocycles. The summed E-state index contributed by atoms with van der Waals surface area (Å²) in [4.78, 5) is 0. The minimum absolute atomic E-state index is 0. The summed E-state index contributed by atoms with van der Waals surface area (Å²) < 4.78 is 0. The van der Waals surface area contributed by atoms with Crippen molar-refractivity contribution in [1.29, 1.82) is 0 Å². The monoisotopic (exact) mass is 210 g/mol. The molecule has 14 heavy (non-hydrogen) atoms. The Hall–Kier alpha value is -0.0800. The van der Waals surface area contributed by atoms with E-state index in [2.05, 4.69) is 20.8 Å². The van der Waals surface area contributed by atoms with Gasteiger partial charge in [-0.05, 0) is 18.8 Å². The van der Waals surface area contributed by atoms with Gasteiger partial charge in [0.25, 0.3) is 0 Å². The van der Waals surface area contributed by atoms with Crippen LogP contribution in [0.5, 0.6) is 0 Å². The summed E-state index contributed by atoms with van der Waals surface area (Å²) in [5.74, 6) is 0.833. The maximum absolute atomic E-state index is 7.88. The van der Waals surface area contributed by atoms with Crippen LogP contribution >= 0.6 is 0 Å². The predicted octanol–water partition coefficient (Wildman–Crippen LogP) is 3.71. The lowest BCUT2D eigenvalue weighted by Crippen LogP contribution is -1.69. The SMILES string of the molecule is CC.CC(C)C.CCCO.CCCO.[HH]. The van der Waals surface area contributed by atoms with E-state index in [0.717, 1.165) is 18.8 Å². The third-order valence-corrected chi connectivity index (χ3v) is 0.447. The predicted molar refractivity (Wildman–Crippen MR) is 68.7 cm³/mol. The zero-order valence-corrected chi connectivity index (χ0v) is 11.3. The molecular formula is C12H34O2. The summed E-state index contributed by atoms with van der Waals surface area (Å²) in [6, 6.07) is 0. The van der Waals surface area contributed by atoms with Crippen LogP contribution in [0.1, 0.15) is 62.7 Å². The van der Waals surface area contributed by atoms with E-state index in [0.29, 0.717) is 13.2 Å². The molecule has 0 aromatic heterocycles. The molecule has 0 amide bonds. The van der Waals surface area contributed by atoms with E-state index in [1.54, 1.807) is 0 Å².